The second-order valence-electron chi connectivity index (χ2n) is 5.52. The lowest BCUT2D eigenvalue weighted by Gasteiger charge is -2.05. The Hall–Kier alpha value is -3.46. The van der Waals surface area contributed by atoms with Crippen molar-refractivity contribution in [3.63, 3.8) is 0 Å². The Balaban J connectivity index is 1.74. The van der Waals surface area contributed by atoms with Gasteiger partial charge in [-0.15, -0.1) is 0 Å². The first kappa shape index (κ1) is 19.3. The van der Waals surface area contributed by atoms with Crippen molar-refractivity contribution in [1.29, 1.82) is 0 Å². The number of furan rings is 1. The van der Waals surface area contributed by atoms with Crippen molar-refractivity contribution in [1.82, 2.24) is 5.43 Å². The van der Waals surface area contributed by atoms with E-state index in [0.29, 0.717) is 32.9 Å². The summed E-state index contributed by atoms with van der Waals surface area (Å²) >= 11 is 3.31. The SMILES string of the molecule is COc1cc([N+](=O)[O-])ccc1-c1ccc(/C=N\NC(=O)c2ccccc2Br)o1. The molecule has 0 aliphatic rings. The van der Waals surface area contributed by atoms with Crippen LogP contribution in [-0.4, -0.2) is 24.2 Å². The Morgan fingerprint density at radius 2 is 2.04 bits per heavy atom. The maximum absolute atomic E-state index is 12.1. The fourth-order valence-corrected chi connectivity index (χ4v) is 2.89. The Labute approximate surface area is 168 Å². The number of rotatable bonds is 6. The van der Waals surface area contributed by atoms with Gasteiger partial charge >= 0.3 is 0 Å². The third-order valence-electron chi connectivity index (χ3n) is 3.76. The lowest BCUT2D eigenvalue weighted by atomic mass is 10.1. The Bertz CT molecular complexity index is 1060. The van der Waals surface area contributed by atoms with Crippen LogP contribution in [0, 0.1) is 10.1 Å². The number of carbonyl (C=O) groups is 1. The van der Waals surface area contributed by atoms with Crippen molar-refractivity contribution in [3.8, 4) is 17.1 Å². The lowest BCUT2D eigenvalue weighted by molar-refractivity contribution is -0.384. The van der Waals surface area contributed by atoms with Gasteiger partial charge in [0.2, 0.25) is 0 Å². The normalized spacial score (nSPS) is 10.8. The number of halogens is 1. The zero-order valence-corrected chi connectivity index (χ0v) is 16.2. The fraction of sp³-hybridized carbons (Fsp3) is 0.0526. The number of methoxy groups -OCH3 is 1. The molecule has 8 nitrogen and oxygen atoms in total. The molecule has 3 aromatic rings. The van der Waals surface area contributed by atoms with E-state index >= 15 is 0 Å². The van der Waals surface area contributed by atoms with E-state index in [2.05, 4.69) is 26.5 Å². The van der Waals surface area contributed by atoms with Gasteiger partial charge in [-0.25, -0.2) is 5.43 Å². The molecule has 0 aliphatic heterocycles. The van der Waals surface area contributed by atoms with E-state index in [0.717, 1.165) is 0 Å². The molecule has 142 valence electrons. The van der Waals surface area contributed by atoms with Gasteiger partial charge < -0.3 is 9.15 Å². The van der Waals surface area contributed by atoms with Crippen LogP contribution in [0.1, 0.15) is 16.1 Å². The van der Waals surface area contributed by atoms with Crippen LogP contribution in [0.15, 0.2) is 68.6 Å². The fourth-order valence-electron chi connectivity index (χ4n) is 2.42. The largest absolute Gasteiger partial charge is 0.496 e. The van der Waals surface area contributed by atoms with E-state index in [1.54, 1.807) is 42.5 Å². The molecule has 1 N–H and O–H groups in total. The zero-order valence-electron chi connectivity index (χ0n) is 14.6. The van der Waals surface area contributed by atoms with E-state index in [1.165, 1.54) is 25.5 Å². The van der Waals surface area contributed by atoms with Gasteiger partial charge in [-0.2, -0.15) is 5.10 Å². The molecule has 9 heteroatoms. The van der Waals surface area contributed by atoms with Crippen molar-refractivity contribution in [2.75, 3.05) is 7.11 Å². The van der Waals surface area contributed by atoms with Crippen LogP contribution in [0.25, 0.3) is 11.3 Å². The Morgan fingerprint density at radius 3 is 2.75 bits per heavy atom. The minimum Gasteiger partial charge on any atom is -0.496 e. The van der Waals surface area contributed by atoms with Gasteiger partial charge in [0.05, 0.1) is 35.4 Å². The Kier molecular flexibility index (Phi) is 5.85. The third-order valence-corrected chi connectivity index (χ3v) is 4.46. The summed E-state index contributed by atoms with van der Waals surface area (Å²) in [5.41, 5.74) is 3.36. The number of hydrazone groups is 1. The molecule has 28 heavy (non-hydrogen) atoms. The quantitative estimate of drug-likeness (QED) is 0.345. The van der Waals surface area contributed by atoms with Gasteiger partial charge in [0.1, 0.15) is 17.3 Å². The van der Waals surface area contributed by atoms with E-state index in [9.17, 15) is 14.9 Å². The highest BCUT2D eigenvalue weighted by molar-refractivity contribution is 9.10. The molecule has 1 heterocycles. The molecular weight excluding hydrogens is 430 g/mol. The maximum Gasteiger partial charge on any atom is 0.273 e. The molecule has 0 saturated heterocycles. The van der Waals surface area contributed by atoms with Crippen LogP contribution in [0.4, 0.5) is 5.69 Å². The molecule has 0 spiro atoms. The topological polar surface area (TPSA) is 107 Å². The summed E-state index contributed by atoms with van der Waals surface area (Å²) in [5.74, 6) is 0.787. The van der Waals surface area contributed by atoms with Gasteiger partial charge in [0, 0.05) is 10.5 Å². The van der Waals surface area contributed by atoms with Gasteiger partial charge in [-0.1, -0.05) is 12.1 Å². The number of nitro groups is 1. The summed E-state index contributed by atoms with van der Waals surface area (Å²) in [4.78, 5) is 22.5. The summed E-state index contributed by atoms with van der Waals surface area (Å²) in [6, 6.07) is 14.6. The van der Waals surface area contributed by atoms with Crippen LogP contribution in [0.5, 0.6) is 5.75 Å². The van der Waals surface area contributed by atoms with E-state index < -0.39 is 4.92 Å². The van der Waals surface area contributed by atoms with Gasteiger partial charge in [0.25, 0.3) is 11.6 Å². The second kappa shape index (κ2) is 8.49. The summed E-state index contributed by atoms with van der Waals surface area (Å²) in [5, 5.41) is 14.8. The average molecular weight is 444 g/mol. The molecule has 1 aromatic heterocycles. The summed E-state index contributed by atoms with van der Waals surface area (Å²) in [7, 11) is 1.42. The molecule has 3 rings (SSSR count). The second-order valence-corrected chi connectivity index (χ2v) is 6.38. The number of hydrogen-bond donors (Lipinski definition) is 1. The molecule has 0 fully saturated rings. The minimum atomic E-state index is -0.500. The summed E-state index contributed by atoms with van der Waals surface area (Å²) in [6.07, 6.45) is 1.36. The molecular formula is C19H14BrN3O5. The molecule has 0 aliphatic carbocycles. The summed E-state index contributed by atoms with van der Waals surface area (Å²) < 4.78 is 11.5. The molecule has 0 unspecified atom stereocenters. The minimum absolute atomic E-state index is 0.0799. The van der Waals surface area contributed by atoms with Crippen molar-refractivity contribution >= 4 is 33.7 Å². The van der Waals surface area contributed by atoms with Crippen LogP contribution >= 0.6 is 15.9 Å². The molecule has 0 radical (unpaired) electrons. The highest BCUT2D eigenvalue weighted by atomic mass is 79.9. The zero-order chi connectivity index (χ0) is 20.1. The lowest BCUT2D eigenvalue weighted by Crippen LogP contribution is -2.17. The number of nitrogens with one attached hydrogen (secondary N) is 1. The molecule has 2 aromatic carbocycles. The molecule has 0 saturated carbocycles. The number of nitro benzene ring substituents is 1. The predicted molar refractivity (Wildman–Crippen MR) is 107 cm³/mol. The van der Waals surface area contributed by atoms with Crippen molar-refractivity contribution in [3.05, 3.63) is 80.5 Å². The first-order valence-electron chi connectivity index (χ1n) is 8.00. The summed E-state index contributed by atoms with van der Waals surface area (Å²) in [6.45, 7) is 0. The maximum atomic E-state index is 12.1. The Morgan fingerprint density at radius 1 is 1.25 bits per heavy atom. The molecule has 0 bridgehead atoms. The number of ether oxygens (including phenoxy) is 1. The highest BCUT2D eigenvalue weighted by Gasteiger charge is 2.15. The van der Waals surface area contributed by atoms with Gasteiger partial charge in [0.15, 0.2) is 0 Å². The first-order valence-corrected chi connectivity index (χ1v) is 8.79. The van der Waals surface area contributed by atoms with Gasteiger partial charge in [-0.05, 0) is 46.3 Å². The van der Waals surface area contributed by atoms with Crippen molar-refractivity contribution in [2.24, 2.45) is 5.10 Å². The van der Waals surface area contributed by atoms with Gasteiger partial charge in [-0.3, -0.25) is 14.9 Å². The number of nitrogens with zero attached hydrogens (tertiary/aromatic N) is 2. The molecule has 1 amide bonds. The van der Waals surface area contributed by atoms with Crippen LogP contribution in [0.3, 0.4) is 0 Å². The number of hydrogen-bond acceptors (Lipinski definition) is 6. The molecule has 0 atom stereocenters. The number of benzene rings is 2. The van der Waals surface area contributed by atoms with Crippen LogP contribution in [0.2, 0.25) is 0 Å². The van der Waals surface area contributed by atoms with Crippen molar-refractivity contribution in [2.45, 2.75) is 0 Å². The number of non-ortho nitro benzene ring substituents is 1. The smallest absolute Gasteiger partial charge is 0.273 e. The first-order chi connectivity index (χ1) is 13.5. The standard InChI is InChI=1S/C19H14BrN3O5/c1-27-18-10-12(23(25)26)6-8-15(18)17-9-7-13(28-17)11-21-22-19(24)14-4-2-3-5-16(14)20/h2-11H,1H3,(H,22,24)/b21-11-. The number of carbonyl (C=O) groups excluding carboxylic acids is 1. The van der Waals surface area contributed by atoms with Crippen LogP contribution < -0.4 is 10.2 Å². The van der Waals surface area contributed by atoms with Crippen LogP contribution in [-0.2, 0) is 0 Å². The monoisotopic (exact) mass is 443 g/mol. The highest BCUT2D eigenvalue weighted by Crippen LogP contribution is 2.34. The number of amides is 1. The van der Waals surface area contributed by atoms with E-state index in [1.807, 2.05) is 0 Å². The predicted octanol–water partition coefficient (Wildman–Crippen LogP) is 4.39. The third kappa shape index (κ3) is 4.26. The van der Waals surface area contributed by atoms with Crippen molar-refractivity contribution < 1.29 is 18.9 Å². The average Bonchev–Trinajstić information content (AvgIpc) is 3.16. The van der Waals surface area contributed by atoms with E-state index in [4.69, 9.17) is 9.15 Å². The van der Waals surface area contributed by atoms with E-state index in [-0.39, 0.29) is 11.6 Å².